The number of hydrogen-bond donors (Lipinski definition) is 0. The average Bonchev–Trinajstić information content (AvgIpc) is 3.11. The van der Waals surface area contributed by atoms with E-state index in [1.165, 1.54) is 12.8 Å². The van der Waals surface area contributed by atoms with E-state index < -0.39 is 0 Å². The standard InChI is InChI=1S/C17H24N6/c1-14(9-16-12-18-5-6-19-16)22(2)13-15-10-20-17(21-11-15)23-7-3-4-8-23/h5-6,10-12,14H,3-4,7-9,13H2,1-2H3/t14-/m1/s1. The Hall–Kier alpha value is -2.08. The largest absolute Gasteiger partial charge is 0.341 e. The number of anilines is 1. The molecule has 1 atom stereocenters. The van der Waals surface area contributed by atoms with Gasteiger partial charge in [0.25, 0.3) is 0 Å². The van der Waals surface area contributed by atoms with Gasteiger partial charge in [0.1, 0.15) is 0 Å². The summed E-state index contributed by atoms with van der Waals surface area (Å²) in [6.07, 6.45) is 12.6. The van der Waals surface area contributed by atoms with Crippen LogP contribution in [-0.2, 0) is 13.0 Å². The van der Waals surface area contributed by atoms with E-state index in [4.69, 9.17) is 0 Å². The zero-order chi connectivity index (χ0) is 16.1. The highest BCUT2D eigenvalue weighted by atomic mass is 15.3. The van der Waals surface area contributed by atoms with E-state index in [0.717, 1.165) is 43.3 Å². The van der Waals surface area contributed by atoms with Gasteiger partial charge in [-0.1, -0.05) is 0 Å². The molecule has 23 heavy (non-hydrogen) atoms. The molecule has 6 heteroatoms. The second kappa shape index (κ2) is 7.46. The van der Waals surface area contributed by atoms with Crippen molar-refractivity contribution in [2.75, 3.05) is 25.0 Å². The van der Waals surface area contributed by atoms with Gasteiger partial charge in [0, 0.05) is 68.6 Å². The van der Waals surface area contributed by atoms with Crippen LogP contribution in [0.4, 0.5) is 5.95 Å². The molecule has 0 spiro atoms. The average molecular weight is 312 g/mol. The van der Waals surface area contributed by atoms with Crippen LogP contribution in [0.3, 0.4) is 0 Å². The maximum Gasteiger partial charge on any atom is 0.225 e. The summed E-state index contributed by atoms with van der Waals surface area (Å²) in [4.78, 5) is 22.1. The van der Waals surface area contributed by atoms with Gasteiger partial charge in [-0.25, -0.2) is 9.97 Å². The van der Waals surface area contributed by atoms with E-state index in [1.807, 2.05) is 18.6 Å². The molecule has 3 rings (SSSR count). The van der Waals surface area contributed by atoms with Crippen molar-refractivity contribution in [1.82, 2.24) is 24.8 Å². The lowest BCUT2D eigenvalue weighted by atomic mass is 10.1. The number of nitrogens with zero attached hydrogens (tertiary/aromatic N) is 6. The Bertz CT molecular complexity index is 594. The van der Waals surface area contributed by atoms with Crippen molar-refractivity contribution in [2.45, 2.75) is 38.8 Å². The number of rotatable bonds is 6. The van der Waals surface area contributed by atoms with E-state index in [0.29, 0.717) is 6.04 Å². The lowest BCUT2D eigenvalue weighted by Crippen LogP contribution is -2.31. The zero-order valence-electron chi connectivity index (χ0n) is 13.9. The second-order valence-corrected chi connectivity index (χ2v) is 6.25. The van der Waals surface area contributed by atoms with Crippen LogP contribution in [0.5, 0.6) is 0 Å². The molecule has 0 unspecified atom stereocenters. The Morgan fingerprint density at radius 2 is 1.83 bits per heavy atom. The van der Waals surface area contributed by atoms with Crippen LogP contribution in [0.25, 0.3) is 0 Å². The number of aromatic nitrogens is 4. The third-order valence-electron chi connectivity index (χ3n) is 4.39. The predicted octanol–water partition coefficient (Wildman–Crippen LogP) is 1.93. The van der Waals surface area contributed by atoms with Crippen molar-refractivity contribution < 1.29 is 0 Å². The Morgan fingerprint density at radius 3 is 2.48 bits per heavy atom. The topological polar surface area (TPSA) is 58.0 Å². The first kappa shape index (κ1) is 15.8. The summed E-state index contributed by atoms with van der Waals surface area (Å²) in [6.45, 7) is 5.19. The van der Waals surface area contributed by atoms with Crippen molar-refractivity contribution in [1.29, 1.82) is 0 Å². The highest BCUT2D eigenvalue weighted by Crippen LogP contribution is 2.15. The minimum Gasteiger partial charge on any atom is -0.341 e. The summed E-state index contributed by atoms with van der Waals surface area (Å²) < 4.78 is 0. The second-order valence-electron chi connectivity index (χ2n) is 6.25. The molecular weight excluding hydrogens is 288 g/mol. The first-order chi connectivity index (χ1) is 11.2. The molecule has 0 bridgehead atoms. The number of likely N-dealkylation sites (N-methyl/N-ethyl adjacent to an activating group) is 1. The minimum atomic E-state index is 0.380. The Kier molecular flexibility index (Phi) is 5.12. The summed E-state index contributed by atoms with van der Waals surface area (Å²) >= 11 is 0. The van der Waals surface area contributed by atoms with E-state index in [9.17, 15) is 0 Å². The summed E-state index contributed by atoms with van der Waals surface area (Å²) in [5.41, 5.74) is 2.16. The van der Waals surface area contributed by atoms with Crippen LogP contribution in [0.1, 0.15) is 31.0 Å². The van der Waals surface area contributed by atoms with Crippen LogP contribution in [-0.4, -0.2) is 51.0 Å². The molecule has 2 aromatic heterocycles. The lowest BCUT2D eigenvalue weighted by Gasteiger charge is -2.24. The molecule has 3 heterocycles. The third kappa shape index (κ3) is 4.22. The zero-order valence-corrected chi connectivity index (χ0v) is 13.9. The van der Waals surface area contributed by atoms with Crippen LogP contribution < -0.4 is 4.90 Å². The molecule has 1 saturated heterocycles. The van der Waals surface area contributed by atoms with Gasteiger partial charge in [-0.05, 0) is 26.8 Å². The molecule has 1 fully saturated rings. The molecule has 1 aliphatic heterocycles. The van der Waals surface area contributed by atoms with Gasteiger partial charge < -0.3 is 4.90 Å². The summed E-state index contributed by atoms with van der Waals surface area (Å²) in [5.74, 6) is 0.863. The monoisotopic (exact) mass is 312 g/mol. The molecule has 0 N–H and O–H groups in total. The molecule has 2 aromatic rings. The number of hydrogen-bond acceptors (Lipinski definition) is 6. The highest BCUT2D eigenvalue weighted by molar-refractivity contribution is 5.30. The fraction of sp³-hybridized carbons (Fsp3) is 0.529. The van der Waals surface area contributed by atoms with Gasteiger partial charge in [0.15, 0.2) is 0 Å². The van der Waals surface area contributed by atoms with E-state index >= 15 is 0 Å². The lowest BCUT2D eigenvalue weighted by molar-refractivity contribution is 0.246. The van der Waals surface area contributed by atoms with Crippen molar-refractivity contribution in [3.63, 3.8) is 0 Å². The van der Waals surface area contributed by atoms with Gasteiger partial charge in [0.2, 0.25) is 5.95 Å². The van der Waals surface area contributed by atoms with Crippen LogP contribution >= 0.6 is 0 Å². The summed E-state index contributed by atoms with van der Waals surface area (Å²) in [5, 5.41) is 0. The van der Waals surface area contributed by atoms with Crippen molar-refractivity contribution in [3.05, 3.63) is 42.2 Å². The first-order valence-corrected chi connectivity index (χ1v) is 8.23. The van der Waals surface area contributed by atoms with Gasteiger partial charge in [-0.3, -0.25) is 14.9 Å². The Labute approximate surface area is 137 Å². The molecule has 1 aliphatic rings. The minimum absolute atomic E-state index is 0.380. The fourth-order valence-corrected chi connectivity index (χ4v) is 2.85. The van der Waals surface area contributed by atoms with Gasteiger partial charge in [-0.2, -0.15) is 0 Å². The van der Waals surface area contributed by atoms with Crippen molar-refractivity contribution in [2.24, 2.45) is 0 Å². The SMILES string of the molecule is C[C@H](Cc1cnccn1)N(C)Cc1cnc(N2CCCC2)nc1. The molecule has 0 aliphatic carbocycles. The van der Waals surface area contributed by atoms with E-state index in [2.05, 4.69) is 43.7 Å². The maximum atomic E-state index is 4.52. The molecule has 0 saturated carbocycles. The summed E-state index contributed by atoms with van der Waals surface area (Å²) in [6, 6.07) is 0.380. The Morgan fingerprint density at radius 1 is 1.09 bits per heavy atom. The van der Waals surface area contributed by atoms with Crippen molar-refractivity contribution in [3.8, 4) is 0 Å². The smallest absolute Gasteiger partial charge is 0.225 e. The van der Waals surface area contributed by atoms with E-state index in [-0.39, 0.29) is 0 Å². The summed E-state index contributed by atoms with van der Waals surface area (Å²) in [7, 11) is 2.12. The van der Waals surface area contributed by atoms with Gasteiger partial charge >= 0.3 is 0 Å². The predicted molar refractivity (Wildman–Crippen MR) is 90.1 cm³/mol. The molecular formula is C17H24N6. The van der Waals surface area contributed by atoms with Gasteiger partial charge in [-0.15, -0.1) is 0 Å². The molecule has 0 radical (unpaired) electrons. The van der Waals surface area contributed by atoms with Crippen LogP contribution in [0, 0.1) is 0 Å². The molecule has 6 nitrogen and oxygen atoms in total. The van der Waals surface area contributed by atoms with Crippen LogP contribution in [0.2, 0.25) is 0 Å². The van der Waals surface area contributed by atoms with Crippen molar-refractivity contribution >= 4 is 5.95 Å². The first-order valence-electron chi connectivity index (χ1n) is 8.23. The Balaban J connectivity index is 1.55. The van der Waals surface area contributed by atoms with Crippen LogP contribution in [0.15, 0.2) is 31.0 Å². The third-order valence-corrected chi connectivity index (χ3v) is 4.39. The van der Waals surface area contributed by atoms with Gasteiger partial charge in [0.05, 0.1) is 5.69 Å². The molecule has 0 amide bonds. The fourth-order valence-electron chi connectivity index (χ4n) is 2.85. The van der Waals surface area contributed by atoms with E-state index in [1.54, 1.807) is 12.4 Å². The molecule has 122 valence electrons. The maximum absolute atomic E-state index is 4.52. The quantitative estimate of drug-likeness (QED) is 0.812. The highest BCUT2D eigenvalue weighted by Gasteiger charge is 2.15. The normalized spacial score (nSPS) is 16.0. The molecule has 0 aromatic carbocycles.